The summed E-state index contributed by atoms with van der Waals surface area (Å²) in [5, 5.41) is 18.5. The number of hydrogen-bond acceptors (Lipinski definition) is 4. The van der Waals surface area contributed by atoms with Crippen LogP contribution >= 0.6 is 0 Å². The molecule has 0 aliphatic carbocycles. The highest BCUT2D eigenvalue weighted by Gasteiger charge is 2.29. The second kappa shape index (κ2) is 5.40. The van der Waals surface area contributed by atoms with Gasteiger partial charge >= 0.3 is 5.97 Å². The average molecular weight is 266 g/mol. The van der Waals surface area contributed by atoms with Crippen molar-refractivity contribution in [1.82, 2.24) is 15.1 Å². The fourth-order valence-electron chi connectivity index (χ4n) is 2.29. The maximum absolute atomic E-state index is 11.9. The molecule has 7 nitrogen and oxygen atoms in total. The zero-order valence-electron chi connectivity index (χ0n) is 11.1. The van der Waals surface area contributed by atoms with Gasteiger partial charge in [0.15, 0.2) is 0 Å². The van der Waals surface area contributed by atoms with Crippen molar-refractivity contribution < 1.29 is 14.7 Å². The number of carboxylic acid groups (broad SMARTS) is 1. The Morgan fingerprint density at radius 3 is 2.79 bits per heavy atom. The molecule has 0 aromatic carbocycles. The molecule has 0 bridgehead atoms. The van der Waals surface area contributed by atoms with E-state index < -0.39 is 5.97 Å². The van der Waals surface area contributed by atoms with Crippen molar-refractivity contribution in [2.45, 2.75) is 20.3 Å². The Kier molecular flexibility index (Phi) is 3.84. The van der Waals surface area contributed by atoms with Crippen molar-refractivity contribution in [1.29, 1.82) is 0 Å². The van der Waals surface area contributed by atoms with Crippen LogP contribution in [0.5, 0.6) is 0 Å². The molecule has 1 atom stereocenters. The molecule has 2 heterocycles. The summed E-state index contributed by atoms with van der Waals surface area (Å²) < 4.78 is 0. The van der Waals surface area contributed by atoms with E-state index in [0.717, 1.165) is 11.4 Å². The topological polar surface area (TPSA) is 98.3 Å². The van der Waals surface area contributed by atoms with Crippen molar-refractivity contribution in [2.24, 2.45) is 5.92 Å². The Balaban J connectivity index is 1.87. The Hall–Kier alpha value is -1.89. The molecular weight excluding hydrogens is 248 g/mol. The van der Waals surface area contributed by atoms with Gasteiger partial charge in [-0.05, 0) is 26.8 Å². The van der Waals surface area contributed by atoms with Gasteiger partial charge in [-0.2, -0.15) is 5.10 Å². The molecule has 2 rings (SSSR count). The van der Waals surface area contributed by atoms with E-state index in [0.29, 0.717) is 25.2 Å². The molecule has 0 spiro atoms. The van der Waals surface area contributed by atoms with Gasteiger partial charge in [0.25, 0.3) is 0 Å². The molecule has 7 heteroatoms. The van der Waals surface area contributed by atoms with E-state index in [9.17, 15) is 9.59 Å². The lowest BCUT2D eigenvalue weighted by molar-refractivity contribution is -0.141. The van der Waals surface area contributed by atoms with E-state index in [1.165, 1.54) is 0 Å². The second-order valence-corrected chi connectivity index (χ2v) is 4.92. The average Bonchev–Trinajstić information content (AvgIpc) is 2.91. The number of carbonyl (C=O) groups excluding carboxylic acids is 1. The fourth-order valence-corrected chi connectivity index (χ4v) is 2.29. The normalized spacial score (nSPS) is 19.6. The van der Waals surface area contributed by atoms with Crippen LogP contribution in [0.2, 0.25) is 0 Å². The lowest BCUT2D eigenvalue weighted by Gasteiger charge is -2.14. The molecule has 1 aromatic heterocycles. The summed E-state index contributed by atoms with van der Waals surface area (Å²) in [7, 11) is 0. The number of nitrogens with one attached hydrogen (secondary N) is 2. The number of hydrogen-bond donors (Lipinski definition) is 3. The van der Waals surface area contributed by atoms with Crippen LogP contribution in [0.1, 0.15) is 17.8 Å². The number of H-pyrrole nitrogens is 1. The molecule has 1 unspecified atom stereocenters. The minimum Gasteiger partial charge on any atom is -0.481 e. The standard InChI is InChI=1S/C12H18N4O3/c1-7-11(8(2)15-14-7)13-10(17)6-16-4-3-9(5-16)12(18)19/h9H,3-6H2,1-2H3,(H,13,17)(H,14,15)(H,18,19). The fraction of sp³-hybridized carbons (Fsp3) is 0.583. The smallest absolute Gasteiger partial charge is 0.307 e. The minimum atomic E-state index is -0.788. The van der Waals surface area contributed by atoms with Gasteiger partial charge in [-0.1, -0.05) is 0 Å². The molecule has 1 fully saturated rings. The van der Waals surface area contributed by atoms with Crippen LogP contribution in [-0.2, 0) is 9.59 Å². The number of anilines is 1. The predicted octanol–water partition coefficient (Wildman–Crippen LogP) is 0.372. The van der Waals surface area contributed by atoms with Crippen LogP contribution in [0.25, 0.3) is 0 Å². The van der Waals surface area contributed by atoms with Gasteiger partial charge in [-0.15, -0.1) is 0 Å². The van der Waals surface area contributed by atoms with Gasteiger partial charge in [-0.3, -0.25) is 19.6 Å². The summed E-state index contributed by atoms with van der Waals surface area (Å²) in [6, 6.07) is 0. The number of aliphatic carboxylic acids is 1. The SMILES string of the molecule is Cc1n[nH]c(C)c1NC(=O)CN1CCC(C(=O)O)C1. The quantitative estimate of drug-likeness (QED) is 0.731. The largest absolute Gasteiger partial charge is 0.481 e. The first kappa shape index (κ1) is 13.5. The van der Waals surface area contributed by atoms with Crippen molar-refractivity contribution >= 4 is 17.6 Å². The number of aromatic amines is 1. The number of carboxylic acids is 1. The van der Waals surface area contributed by atoms with E-state index in [1.807, 2.05) is 18.7 Å². The van der Waals surface area contributed by atoms with Crippen molar-refractivity contribution in [3.05, 3.63) is 11.4 Å². The molecule has 1 aliphatic rings. The minimum absolute atomic E-state index is 0.140. The van der Waals surface area contributed by atoms with Gasteiger partial charge in [-0.25, -0.2) is 0 Å². The van der Waals surface area contributed by atoms with Gasteiger partial charge in [0.05, 0.1) is 29.5 Å². The number of carbonyl (C=O) groups is 2. The molecule has 1 saturated heterocycles. The monoisotopic (exact) mass is 266 g/mol. The molecule has 3 N–H and O–H groups in total. The summed E-state index contributed by atoms with van der Waals surface area (Å²) >= 11 is 0. The summed E-state index contributed by atoms with van der Waals surface area (Å²) in [4.78, 5) is 24.6. The van der Waals surface area contributed by atoms with Gasteiger partial charge in [0.2, 0.25) is 5.91 Å². The highest BCUT2D eigenvalue weighted by atomic mass is 16.4. The van der Waals surface area contributed by atoms with Crippen molar-refractivity contribution in [2.75, 3.05) is 25.0 Å². The van der Waals surface area contributed by atoms with Crippen molar-refractivity contribution in [3.63, 3.8) is 0 Å². The van der Waals surface area contributed by atoms with Crippen LogP contribution < -0.4 is 5.32 Å². The van der Waals surface area contributed by atoms with Gasteiger partial charge < -0.3 is 10.4 Å². The number of aromatic nitrogens is 2. The van der Waals surface area contributed by atoms with Crippen LogP contribution in [0.4, 0.5) is 5.69 Å². The number of rotatable bonds is 4. The first-order valence-electron chi connectivity index (χ1n) is 6.24. The van der Waals surface area contributed by atoms with Crippen LogP contribution in [0.3, 0.4) is 0 Å². The van der Waals surface area contributed by atoms with E-state index in [4.69, 9.17) is 5.11 Å². The van der Waals surface area contributed by atoms with Crippen LogP contribution in [-0.4, -0.2) is 51.7 Å². The highest BCUT2D eigenvalue weighted by Crippen LogP contribution is 2.18. The molecule has 0 saturated carbocycles. The first-order chi connectivity index (χ1) is 8.97. The van der Waals surface area contributed by atoms with E-state index in [-0.39, 0.29) is 18.4 Å². The third-order valence-electron chi connectivity index (χ3n) is 3.38. The molecule has 104 valence electrons. The number of amides is 1. The zero-order chi connectivity index (χ0) is 14.0. The summed E-state index contributed by atoms with van der Waals surface area (Å²) in [5.41, 5.74) is 2.27. The maximum atomic E-state index is 11.9. The summed E-state index contributed by atoms with van der Waals surface area (Å²) in [5.74, 6) is -1.28. The van der Waals surface area contributed by atoms with E-state index >= 15 is 0 Å². The summed E-state index contributed by atoms with van der Waals surface area (Å²) in [6.07, 6.45) is 0.604. The zero-order valence-corrected chi connectivity index (χ0v) is 11.1. The van der Waals surface area contributed by atoms with E-state index in [1.54, 1.807) is 0 Å². The van der Waals surface area contributed by atoms with Gasteiger partial charge in [0, 0.05) is 6.54 Å². The number of nitrogens with zero attached hydrogens (tertiary/aromatic N) is 2. The number of aryl methyl sites for hydroxylation is 2. The molecule has 19 heavy (non-hydrogen) atoms. The molecule has 1 amide bonds. The van der Waals surface area contributed by atoms with Crippen LogP contribution in [0, 0.1) is 19.8 Å². The predicted molar refractivity (Wildman–Crippen MR) is 68.9 cm³/mol. The Bertz CT molecular complexity index is 478. The Morgan fingerprint density at radius 1 is 1.53 bits per heavy atom. The molecule has 1 aliphatic heterocycles. The lowest BCUT2D eigenvalue weighted by Crippen LogP contribution is -2.32. The molecule has 0 radical (unpaired) electrons. The second-order valence-electron chi connectivity index (χ2n) is 4.92. The lowest BCUT2D eigenvalue weighted by atomic mass is 10.1. The summed E-state index contributed by atoms with van der Waals surface area (Å²) in [6.45, 7) is 4.95. The Morgan fingerprint density at radius 2 is 2.26 bits per heavy atom. The third kappa shape index (κ3) is 3.11. The van der Waals surface area contributed by atoms with E-state index in [2.05, 4.69) is 15.5 Å². The van der Waals surface area contributed by atoms with Crippen molar-refractivity contribution in [3.8, 4) is 0 Å². The van der Waals surface area contributed by atoms with Crippen LogP contribution in [0.15, 0.2) is 0 Å². The Labute approximate surface area is 111 Å². The number of likely N-dealkylation sites (tertiary alicyclic amines) is 1. The third-order valence-corrected chi connectivity index (χ3v) is 3.38. The molecular formula is C12H18N4O3. The molecule has 1 aromatic rings. The van der Waals surface area contributed by atoms with Gasteiger partial charge in [0.1, 0.15) is 0 Å². The first-order valence-corrected chi connectivity index (χ1v) is 6.24. The highest BCUT2D eigenvalue weighted by molar-refractivity contribution is 5.93. The maximum Gasteiger partial charge on any atom is 0.307 e.